The molecule has 0 saturated heterocycles. The van der Waals surface area contributed by atoms with Crippen LogP contribution in [0.5, 0.6) is 5.75 Å². The molecule has 0 heterocycles. The van der Waals surface area contributed by atoms with Crippen molar-refractivity contribution in [3.8, 4) is 16.9 Å². The quantitative estimate of drug-likeness (QED) is 0.808. The Kier molecular flexibility index (Phi) is 5.43. The van der Waals surface area contributed by atoms with Gasteiger partial charge in [-0.15, -0.1) is 0 Å². The number of unbranched alkanes of at least 4 members (excludes halogenated alkanes) is 1. The van der Waals surface area contributed by atoms with Gasteiger partial charge >= 0.3 is 0 Å². The maximum atomic E-state index is 5.65. The number of ether oxygens (including phenoxy) is 1. The molecule has 0 aromatic heterocycles. The van der Waals surface area contributed by atoms with Crippen LogP contribution in [0.3, 0.4) is 0 Å². The fourth-order valence-corrected chi connectivity index (χ4v) is 2.09. The highest BCUT2D eigenvalue weighted by atomic mass is 79.9. The predicted molar refractivity (Wildman–Crippen MR) is 83.4 cm³/mol. The molecule has 2 nitrogen and oxygen atoms in total. The molecular formula is C16H18BrNO. The summed E-state index contributed by atoms with van der Waals surface area (Å²) in [5.74, 6) is 0.915. The van der Waals surface area contributed by atoms with Crippen molar-refractivity contribution in [1.29, 1.82) is 0 Å². The van der Waals surface area contributed by atoms with E-state index in [4.69, 9.17) is 10.5 Å². The summed E-state index contributed by atoms with van der Waals surface area (Å²) in [6, 6.07) is 16.5. The molecule has 0 bridgehead atoms. The average Bonchev–Trinajstić information content (AvgIpc) is 2.45. The molecule has 2 aromatic carbocycles. The van der Waals surface area contributed by atoms with Crippen molar-refractivity contribution in [1.82, 2.24) is 0 Å². The van der Waals surface area contributed by atoms with Crippen molar-refractivity contribution in [2.75, 3.05) is 13.2 Å². The first-order valence-corrected chi connectivity index (χ1v) is 7.28. The van der Waals surface area contributed by atoms with Gasteiger partial charge in [0.2, 0.25) is 0 Å². The van der Waals surface area contributed by atoms with Gasteiger partial charge in [-0.25, -0.2) is 0 Å². The van der Waals surface area contributed by atoms with E-state index in [2.05, 4.69) is 40.2 Å². The minimum atomic E-state index is 0.728. The fourth-order valence-electron chi connectivity index (χ4n) is 1.82. The Bertz CT molecular complexity index is 493. The second-order valence-corrected chi connectivity index (χ2v) is 5.29. The van der Waals surface area contributed by atoms with Gasteiger partial charge in [-0.2, -0.15) is 0 Å². The number of benzene rings is 2. The van der Waals surface area contributed by atoms with Gasteiger partial charge in [-0.1, -0.05) is 40.2 Å². The highest BCUT2D eigenvalue weighted by Gasteiger charge is 1.99. The first-order valence-electron chi connectivity index (χ1n) is 6.48. The molecule has 19 heavy (non-hydrogen) atoms. The van der Waals surface area contributed by atoms with Crippen LogP contribution in [-0.2, 0) is 0 Å². The second-order valence-electron chi connectivity index (χ2n) is 4.38. The molecule has 0 aliphatic heterocycles. The van der Waals surface area contributed by atoms with Crippen molar-refractivity contribution in [3.63, 3.8) is 0 Å². The van der Waals surface area contributed by atoms with E-state index >= 15 is 0 Å². The summed E-state index contributed by atoms with van der Waals surface area (Å²) in [6.45, 7) is 1.46. The molecule has 2 N–H and O–H groups in total. The van der Waals surface area contributed by atoms with Crippen LogP contribution in [0.25, 0.3) is 11.1 Å². The lowest BCUT2D eigenvalue weighted by Crippen LogP contribution is -2.03. The van der Waals surface area contributed by atoms with Gasteiger partial charge in [0.05, 0.1) is 6.61 Å². The largest absolute Gasteiger partial charge is 0.494 e. The van der Waals surface area contributed by atoms with Crippen molar-refractivity contribution >= 4 is 15.9 Å². The normalized spacial score (nSPS) is 10.4. The van der Waals surface area contributed by atoms with Crippen molar-refractivity contribution < 1.29 is 4.74 Å². The van der Waals surface area contributed by atoms with Gasteiger partial charge in [-0.3, -0.25) is 0 Å². The third-order valence-electron chi connectivity index (χ3n) is 2.90. The van der Waals surface area contributed by atoms with Crippen LogP contribution in [0.4, 0.5) is 0 Å². The van der Waals surface area contributed by atoms with Gasteiger partial charge in [0.15, 0.2) is 0 Å². The van der Waals surface area contributed by atoms with Gasteiger partial charge < -0.3 is 10.5 Å². The Morgan fingerprint density at radius 2 is 1.42 bits per heavy atom. The maximum Gasteiger partial charge on any atom is 0.119 e. The molecule has 0 spiro atoms. The lowest BCUT2D eigenvalue weighted by atomic mass is 10.1. The third kappa shape index (κ3) is 4.37. The first-order chi connectivity index (χ1) is 9.29. The Labute approximate surface area is 122 Å². The molecule has 0 radical (unpaired) electrons. The lowest BCUT2D eigenvalue weighted by Gasteiger charge is -2.07. The van der Waals surface area contributed by atoms with E-state index < -0.39 is 0 Å². The van der Waals surface area contributed by atoms with Gasteiger partial charge in [0, 0.05) is 4.47 Å². The smallest absolute Gasteiger partial charge is 0.119 e. The zero-order chi connectivity index (χ0) is 13.5. The molecule has 0 amide bonds. The van der Waals surface area contributed by atoms with Gasteiger partial charge in [0.25, 0.3) is 0 Å². The van der Waals surface area contributed by atoms with E-state index in [9.17, 15) is 0 Å². The topological polar surface area (TPSA) is 35.2 Å². The molecule has 2 aromatic rings. The number of halogens is 1. The number of nitrogens with two attached hydrogens (primary N) is 1. The molecule has 100 valence electrons. The molecule has 2 rings (SSSR count). The van der Waals surface area contributed by atoms with E-state index in [1.54, 1.807) is 0 Å². The summed E-state index contributed by atoms with van der Waals surface area (Å²) in [5.41, 5.74) is 7.85. The van der Waals surface area contributed by atoms with Gasteiger partial charge in [-0.05, 0) is 54.8 Å². The van der Waals surface area contributed by atoms with Crippen LogP contribution in [0, 0.1) is 0 Å². The summed E-state index contributed by atoms with van der Waals surface area (Å²) < 4.78 is 6.75. The van der Waals surface area contributed by atoms with E-state index in [1.807, 2.05) is 24.3 Å². The number of hydrogen-bond donors (Lipinski definition) is 1. The lowest BCUT2D eigenvalue weighted by molar-refractivity contribution is 0.308. The summed E-state index contributed by atoms with van der Waals surface area (Å²) in [6.07, 6.45) is 2.02. The van der Waals surface area contributed by atoms with Gasteiger partial charge in [0.1, 0.15) is 5.75 Å². The van der Waals surface area contributed by atoms with Crippen molar-refractivity contribution in [2.24, 2.45) is 5.73 Å². The molecule has 0 saturated carbocycles. The van der Waals surface area contributed by atoms with Crippen LogP contribution in [0.1, 0.15) is 12.8 Å². The monoisotopic (exact) mass is 319 g/mol. The van der Waals surface area contributed by atoms with E-state index in [1.165, 1.54) is 11.1 Å². The fraction of sp³-hybridized carbons (Fsp3) is 0.250. The number of hydrogen-bond acceptors (Lipinski definition) is 2. The maximum absolute atomic E-state index is 5.65. The Morgan fingerprint density at radius 3 is 2.00 bits per heavy atom. The highest BCUT2D eigenvalue weighted by Crippen LogP contribution is 2.24. The summed E-state index contributed by atoms with van der Waals surface area (Å²) in [7, 11) is 0. The molecule has 0 unspecified atom stereocenters. The summed E-state index contributed by atoms with van der Waals surface area (Å²) in [5, 5.41) is 0. The van der Waals surface area contributed by atoms with E-state index in [0.29, 0.717) is 0 Å². The second kappa shape index (κ2) is 7.31. The molecular weight excluding hydrogens is 302 g/mol. The molecule has 0 atom stereocenters. The predicted octanol–water partition coefficient (Wildman–Crippen LogP) is 4.23. The molecule has 3 heteroatoms. The third-order valence-corrected chi connectivity index (χ3v) is 3.43. The van der Waals surface area contributed by atoms with E-state index in [-0.39, 0.29) is 0 Å². The first kappa shape index (κ1) is 14.1. The summed E-state index contributed by atoms with van der Waals surface area (Å²) in [4.78, 5) is 0. The molecule has 0 aliphatic rings. The average molecular weight is 320 g/mol. The van der Waals surface area contributed by atoms with Crippen LogP contribution >= 0.6 is 15.9 Å². The van der Waals surface area contributed by atoms with Crippen LogP contribution in [-0.4, -0.2) is 13.2 Å². The minimum Gasteiger partial charge on any atom is -0.494 e. The number of rotatable bonds is 6. The van der Waals surface area contributed by atoms with E-state index in [0.717, 1.165) is 36.2 Å². The Hall–Kier alpha value is -1.32. The zero-order valence-electron chi connectivity index (χ0n) is 10.8. The Morgan fingerprint density at radius 1 is 0.842 bits per heavy atom. The SMILES string of the molecule is NCCCCOc1ccc(-c2ccc(Br)cc2)cc1. The molecule has 0 aliphatic carbocycles. The zero-order valence-corrected chi connectivity index (χ0v) is 12.4. The van der Waals surface area contributed by atoms with Crippen LogP contribution < -0.4 is 10.5 Å². The standard InChI is InChI=1S/C16H18BrNO/c17-15-7-3-13(4-8-15)14-5-9-16(10-6-14)19-12-2-1-11-18/h3-10H,1-2,11-12,18H2. The summed E-state index contributed by atoms with van der Waals surface area (Å²) >= 11 is 3.44. The van der Waals surface area contributed by atoms with Crippen molar-refractivity contribution in [3.05, 3.63) is 53.0 Å². The van der Waals surface area contributed by atoms with Crippen molar-refractivity contribution in [2.45, 2.75) is 12.8 Å². The highest BCUT2D eigenvalue weighted by molar-refractivity contribution is 9.10. The van der Waals surface area contributed by atoms with Crippen LogP contribution in [0.15, 0.2) is 53.0 Å². The molecule has 0 fully saturated rings. The Balaban J connectivity index is 1.96. The van der Waals surface area contributed by atoms with Crippen LogP contribution in [0.2, 0.25) is 0 Å². The minimum absolute atomic E-state index is 0.728.